The predicted octanol–water partition coefficient (Wildman–Crippen LogP) is 1.24. The molecule has 5 heteroatoms. The molecule has 2 aliphatic carbocycles. The van der Waals surface area contributed by atoms with E-state index in [0.717, 1.165) is 44.9 Å². The van der Waals surface area contributed by atoms with E-state index < -0.39 is 11.1 Å². The van der Waals surface area contributed by atoms with Gasteiger partial charge in [-0.05, 0) is 25.7 Å². The van der Waals surface area contributed by atoms with E-state index in [0.29, 0.717) is 0 Å². The first-order valence-electron chi connectivity index (χ1n) is 5.63. The third kappa shape index (κ3) is 2.47. The molecule has 16 heavy (non-hydrogen) atoms. The molecule has 2 saturated carbocycles. The Kier molecular flexibility index (Phi) is 3.82. The minimum atomic E-state index is -0.718. The molecule has 0 radical (unpaired) electrons. The van der Waals surface area contributed by atoms with Crippen molar-refractivity contribution in [1.82, 2.24) is 5.32 Å². The standard InChI is InChI=1S/C11H17N3O.ClH/c12-8-10(6-7-10)14-9(15)11(13)4-2-1-3-5-11;/h1-7,13H2,(H,14,15);1H. The van der Waals surface area contributed by atoms with Crippen LogP contribution in [0.2, 0.25) is 0 Å². The lowest BCUT2D eigenvalue weighted by Crippen LogP contribution is -2.57. The highest BCUT2D eigenvalue weighted by atomic mass is 35.5. The van der Waals surface area contributed by atoms with Crippen LogP contribution in [0.1, 0.15) is 44.9 Å². The largest absolute Gasteiger partial charge is 0.336 e. The second kappa shape index (κ2) is 4.60. The summed E-state index contributed by atoms with van der Waals surface area (Å²) in [6, 6.07) is 2.15. The fourth-order valence-corrected chi connectivity index (χ4v) is 2.14. The van der Waals surface area contributed by atoms with E-state index in [1.54, 1.807) is 0 Å². The Labute approximate surface area is 102 Å². The number of nitriles is 1. The normalized spacial score (nSPS) is 24.8. The summed E-state index contributed by atoms with van der Waals surface area (Å²) in [5, 5.41) is 11.7. The van der Waals surface area contributed by atoms with Gasteiger partial charge in [-0.25, -0.2) is 0 Å². The van der Waals surface area contributed by atoms with Crippen molar-refractivity contribution in [3.63, 3.8) is 0 Å². The average Bonchev–Trinajstić information content (AvgIpc) is 3.00. The zero-order valence-corrected chi connectivity index (χ0v) is 10.1. The summed E-state index contributed by atoms with van der Waals surface area (Å²) >= 11 is 0. The summed E-state index contributed by atoms with van der Waals surface area (Å²) < 4.78 is 0. The van der Waals surface area contributed by atoms with Crippen LogP contribution in [0.25, 0.3) is 0 Å². The van der Waals surface area contributed by atoms with Gasteiger partial charge in [-0.2, -0.15) is 5.26 Å². The summed E-state index contributed by atoms with van der Waals surface area (Å²) in [4.78, 5) is 11.9. The third-order valence-corrected chi connectivity index (χ3v) is 3.51. The smallest absolute Gasteiger partial charge is 0.241 e. The van der Waals surface area contributed by atoms with Crippen LogP contribution in [-0.4, -0.2) is 17.0 Å². The second-order valence-corrected chi connectivity index (χ2v) is 4.86. The van der Waals surface area contributed by atoms with E-state index in [1.807, 2.05) is 0 Å². The SMILES string of the molecule is Cl.N#CC1(NC(=O)C2(N)CCCCC2)CC1. The van der Waals surface area contributed by atoms with Gasteiger partial charge in [-0.1, -0.05) is 19.3 Å². The third-order valence-electron chi connectivity index (χ3n) is 3.51. The summed E-state index contributed by atoms with van der Waals surface area (Å²) in [5.41, 5.74) is 4.77. The van der Waals surface area contributed by atoms with Crippen molar-refractivity contribution in [3.8, 4) is 6.07 Å². The van der Waals surface area contributed by atoms with Crippen LogP contribution < -0.4 is 11.1 Å². The minimum absolute atomic E-state index is 0. The number of nitrogens with one attached hydrogen (secondary N) is 1. The first kappa shape index (κ1) is 13.3. The number of rotatable bonds is 2. The number of nitrogens with two attached hydrogens (primary N) is 1. The molecule has 4 nitrogen and oxygen atoms in total. The number of amides is 1. The van der Waals surface area contributed by atoms with Crippen molar-refractivity contribution in [3.05, 3.63) is 0 Å². The van der Waals surface area contributed by atoms with Gasteiger partial charge < -0.3 is 11.1 Å². The lowest BCUT2D eigenvalue weighted by Gasteiger charge is -2.32. The maximum absolute atomic E-state index is 11.9. The molecule has 0 heterocycles. The molecule has 0 saturated heterocycles. The lowest BCUT2D eigenvalue weighted by molar-refractivity contribution is -0.128. The molecular formula is C11H18ClN3O. The molecule has 0 aromatic heterocycles. The van der Waals surface area contributed by atoms with Gasteiger partial charge in [0.05, 0.1) is 11.6 Å². The van der Waals surface area contributed by atoms with Crippen LogP contribution in [0.15, 0.2) is 0 Å². The van der Waals surface area contributed by atoms with Crippen LogP contribution in [0.3, 0.4) is 0 Å². The maximum Gasteiger partial charge on any atom is 0.241 e. The number of carbonyl (C=O) groups is 1. The number of carbonyl (C=O) groups excluding carboxylic acids is 1. The Morgan fingerprint density at radius 2 is 1.75 bits per heavy atom. The Morgan fingerprint density at radius 1 is 1.19 bits per heavy atom. The van der Waals surface area contributed by atoms with E-state index >= 15 is 0 Å². The van der Waals surface area contributed by atoms with Gasteiger partial charge in [0.15, 0.2) is 0 Å². The Bertz CT molecular complexity index is 314. The summed E-state index contributed by atoms with van der Waals surface area (Å²) in [6.45, 7) is 0. The van der Waals surface area contributed by atoms with E-state index in [4.69, 9.17) is 11.0 Å². The lowest BCUT2D eigenvalue weighted by atomic mass is 9.81. The van der Waals surface area contributed by atoms with Gasteiger partial charge in [0.1, 0.15) is 5.54 Å². The summed E-state index contributed by atoms with van der Waals surface area (Å²) in [7, 11) is 0. The average molecular weight is 244 g/mol. The van der Waals surface area contributed by atoms with Gasteiger partial charge in [0.2, 0.25) is 5.91 Å². The van der Waals surface area contributed by atoms with Crippen molar-refractivity contribution in [2.75, 3.05) is 0 Å². The highest BCUT2D eigenvalue weighted by molar-refractivity contribution is 5.87. The predicted molar refractivity (Wildman–Crippen MR) is 63.0 cm³/mol. The van der Waals surface area contributed by atoms with Crippen LogP contribution in [-0.2, 0) is 4.79 Å². The molecular weight excluding hydrogens is 226 g/mol. The van der Waals surface area contributed by atoms with Crippen LogP contribution in [0.5, 0.6) is 0 Å². The van der Waals surface area contributed by atoms with E-state index in [9.17, 15) is 4.79 Å². The van der Waals surface area contributed by atoms with E-state index in [-0.39, 0.29) is 18.3 Å². The van der Waals surface area contributed by atoms with Gasteiger partial charge in [-0.3, -0.25) is 4.79 Å². The molecule has 0 aliphatic heterocycles. The first-order chi connectivity index (χ1) is 7.10. The van der Waals surface area contributed by atoms with Gasteiger partial charge >= 0.3 is 0 Å². The monoisotopic (exact) mass is 243 g/mol. The molecule has 3 N–H and O–H groups in total. The van der Waals surface area contributed by atoms with E-state index in [2.05, 4.69) is 11.4 Å². The second-order valence-electron chi connectivity index (χ2n) is 4.86. The van der Waals surface area contributed by atoms with Crippen LogP contribution in [0, 0.1) is 11.3 Å². The minimum Gasteiger partial charge on any atom is -0.336 e. The Morgan fingerprint density at radius 3 is 2.19 bits per heavy atom. The number of hydrogen-bond acceptors (Lipinski definition) is 3. The Hall–Kier alpha value is -0.790. The van der Waals surface area contributed by atoms with Gasteiger partial charge in [-0.15, -0.1) is 12.4 Å². The molecule has 1 amide bonds. The molecule has 0 bridgehead atoms. The van der Waals surface area contributed by atoms with Gasteiger partial charge in [0, 0.05) is 0 Å². The molecule has 0 atom stereocenters. The summed E-state index contributed by atoms with van der Waals surface area (Å²) in [6.07, 6.45) is 6.24. The quantitative estimate of drug-likeness (QED) is 0.766. The number of nitrogens with zero attached hydrogens (tertiary/aromatic N) is 1. The molecule has 0 aromatic rings. The molecule has 90 valence electrons. The fraction of sp³-hybridized carbons (Fsp3) is 0.818. The van der Waals surface area contributed by atoms with E-state index in [1.165, 1.54) is 0 Å². The highest BCUT2D eigenvalue weighted by Gasteiger charge is 2.48. The molecule has 2 rings (SSSR count). The van der Waals surface area contributed by atoms with Gasteiger partial charge in [0.25, 0.3) is 0 Å². The Balaban J connectivity index is 0.00000128. The van der Waals surface area contributed by atoms with Crippen molar-refractivity contribution in [1.29, 1.82) is 5.26 Å². The maximum atomic E-state index is 11.9. The molecule has 0 unspecified atom stereocenters. The van der Waals surface area contributed by atoms with Crippen molar-refractivity contribution in [2.45, 2.75) is 56.0 Å². The van der Waals surface area contributed by atoms with Crippen molar-refractivity contribution >= 4 is 18.3 Å². The molecule has 0 aromatic carbocycles. The highest BCUT2D eigenvalue weighted by Crippen LogP contribution is 2.36. The van der Waals surface area contributed by atoms with Crippen LogP contribution >= 0.6 is 12.4 Å². The molecule has 2 fully saturated rings. The van der Waals surface area contributed by atoms with Crippen molar-refractivity contribution in [2.24, 2.45) is 5.73 Å². The molecule has 0 spiro atoms. The summed E-state index contributed by atoms with van der Waals surface area (Å²) in [5.74, 6) is -0.124. The van der Waals surface area contributed by atoms with Crippen molar-refractivity contribution < 1.29 is 4.79 Å². The molecule has 2 aliphatic rings. The first-order valence-corrected chi connectivity index (χ1v) is 5.63. The number of halogens is 1. The zero-order chi connectivity index (χ0) is 10.9. The topological polar surface area (TPSA) is 78.9 Å². The van der Waals surface area contributed by atoms with Crippen LogP contribution in [0.4, 0.5) is 0 Å². The fourth-order valence-electron chi connectivity index (χ4n) is 2.14. The zero-order valence-electron chi connectivity index (χ0n) is 9.29. The number of hydrogen-bond donors (Lipinski definition) is 2.